The smallest absolute Gasteiger partial charge is 0.693 e. The van der Waals surface area contributed by atoms with Crippen molar-refractivity contribution < 1.29 is 51.1 Å². The molecule has 0 saturated carbocycles. The predicted molar refractivity (Wildman–Crippen MR) is 42.4 cm³/mol. The van der Waals surface area contributed by atoms with Gasteiger partial charge in [0, 0.05) is 0 Å². The fourth-order valence-corrected chi connectivity index (χ4v) is 0. The van der Waals surface area contributed by atoms with Gasteiger partial charge in [-0.25, -0.2) is 9.59 Å². The van der Waals surface area contributed by atoms with E-state index in [4.69, 9.17) is 30.0 Å². The van der Waals surface area contributed by atoms with Crippen molar-refractivity contribution >= 4 is 12.3 Å². The summed E-state index contributed by atoms with van der Waals surface area (Å²) in [5, 5.41) is 27.9. The number of hydrogen-bond acceptors (Lipinski definition) is 2. The van der Waals surface area contributed by atoms with Crippen LogP contribution in [0.3, 0.4) is 0 Å². The molecule has 0 aromatic carbocycles. The maximum absolute atomic E-state index is 8.56. The Bertz CT molecular complexity index is 80.6. The van der Waals surface area contributed by atoms with Crippen LogP contribution in [-0.4, -0.2) is 32.7 Å². The van der Waals surface area contributed by atoms with Gasteiger partial charge in [-0.2, -0.15) is 0 Å². The third-order valence-electron chi connectivity index (χ3n) is 0. The molecule has 0 atom stereocenters. The van der Waals surface area contributed by atoms with E-state index in [0.29, 0.717) is 0 Å². The van der Waals surface area contributed by atoms with Crippen LogP contribution in [0.15, 0.2) is 0 Å². The minimum atomic E-state index is -1.83. The first kappa shape index (κ1) is 57.6. The fraction of sp³-hybridized carbons (Fsp3) is 0. The Hall–Kier alpha value is -0.932. The summed E-state index contributed by atoms with van der Waals surface area (Å²) in [7, 11) is 0. The van der Waals surface area contributed by atoms with Crippen LogP contribution in [0.4, 0.5) is 9.59 Å². The van der Waals surface area contributed by atoms with E-state index in [1.54, 1.807) is 0 Å². The molecule has 0 aliphatic carbocycles. The molecule has 0 aliphatic rings. The van der Waals surface area contributed by atoms with Crippen molar-refractivity contribution in [3.63, 3.8) is 0 Å². The molecule has 0 amide bonds. The van der Waals surface area contributed by atoms with Gasteiger partial charge in [-0.3, -0.25) is 0 Å². The van der Waals surface area contributed by atoms with Crippen molar-refractivity contribution in [3.05, 3.63) is 24.6 Å². The molecule has 11 heteroatoms. The van der Waals surface area contributed by atoms with Gasteiger partial charge in [-0.1, -0.05) is 0 Å². The molecule has 0 spiro atoms. The Balaban J connectivity index is -0.00000000800. The summed E-state index contributed by atoms with van der Waals surface area (Å²) in [4.78, 5) is 17.1. The van der Waals surface area contributed by atoms with Gasteiger partial charge in [-0.15, -0.1) is 0 Å². The second kappa shape index (κ2) is 43.7. The van der Waals surface area contributed by atoms with Crippen LogP contribution < -0.4 is 0 Å². The SMILES string of the molecule is O=C(O)O.O=C(O)O.[NH2-].[NH2-].[NH2-].[NH2-].[Pt+4]. The molecular weight excluding hydrogens is 371 g/mol. The molecule has 0 aliphatic heterocycles. The molecule has 12 N–H and O–H groups in total. The average Bonchev–Trinajstić information content (AvgIpc) is 1.25. The van der Waals surface area contributed by atoms with Crippen molar-refractivity contribution in [2.75, 3.05) is 0 Å². The molecule has 0 aromatic heterocycles. The number of rotatable bonds is 0. The van der Waals surface area contributed by atoms with E-state index in [-0.39, 0.29) is 45.7 Å². The molecule has 13 heavy (non-hydrogen) atoms. The molecule has 0 saturated heterocycles. The molecule has 0 unspecified atom stereocenters. The average molecular weight is 383 g/mol. The van der Waals surface area contributed by atoms with Crippen molar-refractivity contribution in [1.82, 2.24) is 0 Å². The molecule has 0 radical (unpaired) electrons. The maximum Gasteiger partial charge on any atom is 4.00 e. The molecule has 86 valence electrons. The van der Waals surface area contributed by atoms with Crippen LogP contribution in [0.1, 0.15) is 0 Å². The van der Waals surface area contributed by atoms with Crippen molar-refractivity contribution in [2.45, 2.75) is 0 Å². The van der Waals surface area contributed by atoms with E-state index in [1.807, 2.05) is 0 Å². The Kier molecular flexibility index (Phi) is 193. The molecule has 0 bridgehead atoms. The van der Waals surface area contributed by atoms with E-state index in [2.05, 4.69) is 0 Å². The van der Waals surface area contributed by atoms with Gasteiger partial charge < -0.3 is 45.0 Å². The summed E-state index contributed by atoms with van der Waals surface area (Å²) in [6, 6.07) is 0. The van der Waals surface area contributed by atoms with Crippen LogP contribution in [0.25, 0.3) is 24.6 Å². The van der Waals surface area contributed by atoms with Gasteiger partial charge in [0.1, 0.15) is 0 Å². The molecule has 0 aromatic rings. The second-order valence-corrected chi connectivity index (χ2v) is 0.565. The summed E-state index contributed by atoms with van der Waals surface area (Å²) in [5.74, 6) is 0. The van der Waals surface area contributed by atoms with E-state index in [1.165, 1.54) is 0 Å². The monoisotopic (exact) mass is 383 g/mol. The molecule has 0 heterocycles. The normalized spacial score (nSPS) is 3.69. The van der Waals surface area contributed by atoms with Crippen LogP contribution >= 0.6 is 0 Å². The van der Waals surface area contributed by atoms with Crippen LogP contribution in [0.5, 0.6) is 0 Å². The zero-order valence-electron chi connectivity index (χ0n) is 6.23. The van der Waals surface area contributed by atoms with E-state index >= 15 is 0 Å². The third kappa shape index (κ3) is 1050. The first-order valence-electron chi connectivity index (χ1n) is 1.30. The molecule has 10 nitrogen and oxygen atoms in total. The number of hydrogen-bond donors (Lipinski definition) is 4. The Morgan fingerprint density at radius 2 is 0.615 bits per heavy atom. The van der Waals surface area contributed by atoms with Gasteiger partial charge in [0.15, 0.2) is 0 Å². The van der Waals surface area contributed by atoms with Crippen molar-refractivity contribution in [2.24, 2.45) is 0 Å². The van der Waals surface area contributed by atoms with E-state index in [9.17, 15) is 0 Å². The van der Waals surface area contributed by atoms with Crippen LogP contribution in [-0.2, 0) is 21.1 Å². The van der Waals surface area contributed by atoms with Crippen LogP contribution in [0.2, 0.25) is 0 Å². The summed E-state index contributed by atoms with van der Waals surface area (Å²) < 4.78 is 0. The first-order valence-corrected chi connectivity index (χ1v) is 1.30. The second-order valence-electron chi connectivity index (χ2n) is 0.565. The van der Waals surface area contributed by atoms with Gasteiger partial charge in [-0.05, 0) is 0 Å². The maximum atomic E-state index is 8.56. The summed E-state index contributed by atoms with van der Waals surface area (Å²) in [6.45, 7) is 0. The Morgan fingerprint density at radius 1 is 0.615 bits per heavy atom. The van der Waals surface area contributed by atoms with Crippen molar-refractivity contribution in [3.8, 4) is 0 Å². The van der Waals surface area contributed by atoms with E-state index < -0.39 is 12.3 Å². The van der Waals surface area contributed by atoms with E-state index in [0.717, 1.165) is 0 Å². The van der Waals surface area contributed by atoms with Gasteiger partial charge in [0.25, 0.3) is 0 Å². The molecule has 0 rings (SSSR count). The fourth-order valence-electron chi connectivity index (χ4n) is 0. The summed E-state index contributed by atoms with van der Waals surface area (Å²) in [6.07, 6.45) is -3.67. The summed E-state index contributed by atoms with van der Waals surface area (Å²) >= 11 is 0. The number of carboxylic acid groups (broad SMARTS) is 4. The zero-order chi connectivity index (χ0) is 7.15. The van der Waals surface area contributed by atoms with Gasteiger partial charge in [0.05, 0.1) is 0 Å². The molecule has 0 fully saturated rings. The quantitative estimate of drug-likeness (QED) is 0.487. The largest absolute Gasteiger partial charge is 4.00 e. The third-order valence-corrected chi connectivity index (χ3v) is 0. The standard InChI is InChI=1S/2CH2O3.4H2N.Pt/c2*2-1(3)4;;;;;/h2*(H2,2,3,4);4*1H2;/q;;4*-1;+4. The Labute approximate surface area is 88.5 Å². The first-order chi connectivity index (χ1) is 3.46. The van der Waals surface area contributed by atoms with Crippen LogP contribution in [0, 0.1) is 0 Å². The minimum Gasteiger partial charge on any atom is -0.693 e. The Morgan fingerprint density at radius 3 is 0.615 bits per heavy atom. The minimum absolute atomic E-state index is 0. The topological polar surface area (TPSA) is 249 Å². The van der Waals surface area contributed by atoms with Gasteiger partial charge in [0.2, 0.25) is 0 Å². The number of carbonyl (C=O) groups is 2. The van der Waals surface area contributed by atoms with Crippen molar-refractivity contribution in [1.29, 1.82) is 0 Å². The predicted octanol–water partition coefficient (Wildman–Crippen LogP) is 3.31. The van der Waals surface area contributed by atoms with Gasteiger partial charge >= 0.3 is 33.4 Å². The number of nitrogens with two attached hydrogens (primary N) is 4. The summed E-state index contributed by atoms with van der Waals surface area (Å²) in [5.41, 5.74) is 0. The molecular formula is C2H12N4O6Pt. The zero-order valence-corrected chi connectivity index (χ0v) is 8.50.